The lowest BCUT2D eigenvalue weighted by atomic mass is 9.84. The van der Waals surface area contributed by atoms with Gasteiger partial charge < -0.3 is 14.2 Å². The van der Waals surface area contributed by atoms with Gasteiger partial charge in [0.1, 0.15) is 5.54 Å². The number of benzene rings is 1. The monoisotopic (exact) mass is 496 g/mol. The largest absolute Gasteiger partial charge is 0.467 e. The Kier molecular flexibility index (Phi) is 7.11. The summed E-state index contributed by atoms with van der Waals surface area (Å²) in [6.45, 7) is 4.03. The van der Waals surface area contributed by atoms with Crippen LogP contribution < -0.4 is 16.1 Å². The molecule has 0 radical (unpaired) electrons. The number of anilines is 1. The molecule has 0 spiro atoms. The Hall–Kier alpha value is -3.73. The maximum absolute atomic E-state index is 13.1. The molecule has 0 N–H and O–H groups in total. The van der Waals surface area contributed by atoms with Crippen LogP contribution in [0, 0.1) is 0 Å². The van der Waals surface area contributed by atoms with Gasteiger partial charge >= 0.3 is 11.7 Å². The molecule has 1 aliphatic rings. The molecule has 0 bridgehead atoms. The van der Waals surface area contributed by atoms with Crippen LogP contribution in [0.25, 0.3) is 11.2 Å². The van der Waals surface area contributed by atoms with Gasteiger partial charge in [-0.1, -0.05) is 25.1 Å². The molecule has 1 fully saturated rings. The molecule has 1 aromatic carbocycles. The van der Waals surface area contributed by atoms with Crippen molar-refractivity contribution in [3.05, 3.63) is 57.5 Å². The van der Waals surface area contributed by atoms with Crippen molar-refractivity contribution < 1.29 is 14.3 Å². The number of esters is 1. The molecular formula is C25H32N6O5. The van der Waals surface area contributed by atoms with Crippen LogP contribution in [-0.4, -0.2) is 67.7 Å². The van der Waals surface area contributed by atoms with Crippen LogP contribution in [0.1, 0.15) is 26.2 Å². The van der Waals surface area contributed by atoms with Crippen molar-refractivity contribution >= 4 is 28.7 Å². The lowest BCUT2D eigenvalue weighted by Gasteiger charge is -2.46. The number of nitrogens with zero attached hydrogens (tertiary/aromatic N) is 6. The Bertz CT molecular complexity index is 1380. The van der Waals surface area contributed by atoms with Crippen molar-refractivity contribution in [2.24, 2.45) is 14.1 Å². The average molecular weight is 497 g/mol. The number of ether oxygens (including phenoxy) is 1. The number of aryl methyl sites for hydroxylation is 1. The van der Waals surface area contributed by atoms with Crippen LogP contribution in [-0.2, 0) is 35.0 Å². The second-order valence-electron chi connectivity index (χ2n) is 9.10. The quantitative estimate of drug-likeness (QED) is 0.447. The molecule has 0 unspecified atom stereocenters. The number of amides is 1. The van der Waals surface area contributed by atoms with Gasteiger partial charge in [0, 0.05) is 52.4 Å². The summed E-state index contributed by atoms with van der Waals surface area (Å²) in [5.41, 5.74) is -0.486. The number of carbonyl (C=O) groups excluding carboxylic acids is 2. The second kappa shape index (κ2) is 10.1. The van der Waals surface area contributed by atoms with Crippen molar-refractivity contribution in [2.45, 2.75) is 38.3 Å². The normalized spacial score (nSPS) is 15.7. The van der Waals surface area contributed by atoms with E-state index in [0.717, 1.165) is 4.57 Å². The molecule has 2 aromatic heterocycles. The molecule has 1 saturated heterocycles. The standard InChI is InChI=1S/C25H32N6O5/c1-5-19(32)31(18-9-7-6-8-10-18)25(23(34)36-4)11-13-29(14-12-25)15-16-30-17-26-21-20(30)22(33)28(3)24(35)27(21)2/h6-10,17H,5,11-16H2,1-4H3. The van der Waals surface area contributed by atoms with Crippen LogP contribution in [0.3, 0.4) is 0 Å². The number of hydrogen-bond acceptors (Lipinski definition) is 7. The zero-order valence-electron chi connectivity index (χ0n) is 21.1. The number of likely N-dealkylation sites (tertiary alicyclic amines) is 1. The van der Waals surface area contributed by atoms with Gasteiger partial charge in [0.15, 0.2) is 11.2 Å². The Balaban J connectivity index is 1.55. The topological polar surface area (TPSA) is 112 Å². The van der Waals surface area contributed by atoms with Gasteiger partial charge in [-0.3, -0.25) is 23.6 Å². The smallest absolute Gasteiger partial charge is 0.332 e. The minimum Gasteiger partial charge on any atom is -0.467 e. The Labute approximate surface area is 208 Å². The summed E-state index contributed by atoms with van der Waals surface area (Å²) in [6.07, 6.45) is 2.68. The van der Waals surface area contributed by atoms with Gasteiger partial charge in [0.2, 0.25) is 5.91 Å². The molecule has 192 valence electrons. The first-order valence-corrected chi connectivity index (χ1v) is 12.0. The first kappa shape index (κ1) is 25.4. The van der Waals surface area contributed by atoms with Gasteiger partial charge in [-0.15, -0.1) is 0 Å². The number of methoxy groups -OCH3 is 1. The number of aromatic nitrogens is 4. The summed E-state index contributed by atoms with van der Waals surface area (Å²) >= 11 is 0. The molecule has 0 aliphatic carbocycles. The Morgan fingerprint density at radius 1 is 1.06 bits per heavy atom. The van der Waals surface area contributed by atoms with Gasteiger partial charge in [0.05, 0.1) is 13.4 Å². The molecular weight excluding hydrogens is 464 g/mol. The van der Waals surface area contributed by atoms with E-state index in [2.05, 4.69) is 9.88 Å². The van der Waals surface area contributed by atoms with Crippen molar-refractivity contribution in [1.82, 2.24) is 23.6 Å². The van der Waals surface area contributed by atoms with E-state index in [0.29, 0.717) is 55.9 Å². The minimum absolute atomic E-state index is 0.133. The summed E-state index contributed by atoms with van der Waals surface area (Å²) in [7, 11) is 4.40. The van der Waals surface area contributed by atoms with E-state index in [1.54, 1.807) is 29.8 Å². The van der Waals surface area contributed by atoms with E-state index >= 15 is 0 Å². The number of hydrogen-bond donors (Lipinski definition) is 0. The lowest BCUT2D eigenvalue weighted by molar-refractivity contribution is -0.151. The van der Waals surface area contributed by atoms with Crippen molar-refractivity contribution in [3.8, 4) is 0 Å². The summed E-state index contributed by atoms with van der Waals surface area (Å²) in [5, 5.41) is 0. The number of fused-ring (bicyclic) bond motifs is 1. The van der Waals surface area contributed by atoms with E-state index in [-0.39, 0.29) is 17.9 Å². The van der Waals surface area contributed by atoms with Crippen molar-refractivity contribution in [2.75, 3.05) is 31.6 Å². The van der Waals surface area contributed by atoms with Crippen LogP contribution in [0.15, 0.2) is 46.2 Å². The highest BCUT2D eigenvalue weighted by Gasteiger charge is 2.49. The minimum atomic E-state index is -1.09. The van der Waals surface area contributed by atoms with Gasteiger partial charge in [-0.05, 0) is 25.0 Å². The fourth-order valence-electron chi connectivity index (χ4n) is 5.04. The van der Waals surface area contributed by atoms with Crippen LogP contribution in [0.2, 0.25) is 0 Å². The third-order valence-corrected chi connectivity index (χ3v) is 7.12. The van der Waals surface area contributed by atoms with Crippen LogP contribution in [0.5, 0.6) is 0 Å². The van der Waals surface area contributed by atoms with Gasteiger partial charge in [-0.25, -0.2) is 14.6 Å². The zero-order chi connectivity index (χ0) is 26.0. The van der Waals surface area contributed by atoms with E-state index in [1.165, 1.54) is 18.7 Å². The maximum atomic E-state index is 13.1. The Morgan fingerprint density at radius 2 is 1.72 bits per heavy atom. The van der Waals surface area contributed by atoms with Crippen molar-refractivity contribution in [1.29, 1.82) is 0 Å². The van der Waals surface area contributed by atoms with E-state index < -0.39 is 17.2 Å². The van der Waals surface area contributed by atoms with E-state index in [1.807, 2.05) is 30.3 Å². The molecule has 1 amide bonds. The molecule has 36 heavy (non-hydrogen) atoms. The highest BCUT2D eigenvalue weighted by molar-refractivity contribution is 6.02. The lowest BCUT2D eigenvalue weighted by Crippen LogP contribution is -2.62. The average Bonchev–Trinajstić information content (AvgIpc) is 3.34. The maximum Gasteiger partial charge on any atom is 0.332 e. The molecule has 0 saturated carbocycles. The molecule has 4 rings (SSSR count). The van der Waals surface area contributed by atoms with E-state index in [9.17, 15) is 19.2 Å². The third-order valence-electron chi connectivity index (χ3n) is 7.12. The summed E-state index contributed by atoms with van der Waals surface area (Å²) in [4.78, 5) is 59.2. The predicted octanol–water partition coefficient (Wildman–Crippen LogP) is 0.885. The number of imidazole rings is 1. The van der Waals surface area contributed by atoms with Gasteiger partial charge in [-0.2, -0.15) is 0 Å². The molecule has 3 aromatic rings. The summed E-state index contributed by atoms with van der Waals surface area (Å²) in [6, 6.07) is 9.24. The third kappa shape index (κ3) is 4.23. The first-order chi connectivity index (χ1) is 17.2. The SMILES string of the molecule is CCC(=O)N(c1ccccc1)C1(C(=O)OC)CCN(CCn2cnc3c2c(=O)n(C)c(=O)n3C)CC1. The van der Waals surface area contributed by atoms with Crippen LogP contribution in [0.4, 0.5) is 5.69 Å². The molecule has 3 heterocycles. The fraction of sp³-hybridized carbons (Fsp3) is 0.480. The molecule has 11 nitrogen and oxygen atoms in total. The highest BCUT2D eigenvalue weighted by Crippen LogP contribution is 2.35. The number of carbonyl (C=O) groups is 2. The summed E-state index contributed by atoms with van der Waals surface area (Å²) in [5.74, 6) is -0.552. The zero-order valence-corrected chi connectivity index (χ0v) is 21.1. The highest BCUT2D eigenvalue weighted by atomic mass is 16.5. The number of para-hydroxylation sites is 1. The van der Waals surface area contributed by atoms with E-state index in [4.69, 9.17) is 4.74 Å². The first-order valence-electron chi connectivity index (χ1n) is 12.0. The number of rotatable bonds is 7. The predicted molar refractivity (Wildman–Crippen MR) is 135 cm³/mol. The molecule has 0 atom stereocenters. The fourth-order valence-corrected chi connectivity index (χ4v) is 5.04. The summed E-state index contributed by atoms with van der Waals surface area (Å²) < 4.78 is 9.41. The Morgan fingerprint density at radius 3 is 2.33 bits per heavy atom. The molecule has 11 heteroatoms. The number of piperidine rings is 1. The van der Waals surface area contributed by atoms with Crippen LogP contribution >= 0.6 is 0 Å². The van der Waals surface area contributed by atoms with Gasteiger partial charge in [0.25, 0.3) is 5.56 Å². The molecule has 1 aliphatic heterocycles. The second-order valence-corrected chi connectivity index (χ2v) is 9.10. The van der Waals surface area contributed by atoms with Crippen molar-refractivity contribution in [3.63, 3.8) is 0 Å².